The predicted octanol–water partition coefficient (Wildman–Crippen LogP) is 5.57. The minimum absolute atomic E-state index is 0.320. The number of hydrogen-bond donors (Lipinski definition) is 1. The van der Waals surface area contributed by atoms with E-state index in [0.717, 1.165) is 31.8 Å². The van der Waals surface area contributed by atoms with E-state index >= 15 is 0 Å². The number of rotatable bonds is 14. The summed E-state index contributed by atoms with van der Waals surface area (Å²) in [6, 6.07) is 0. The van der Waals surface area contributed by atoms with Crippen LogP contribution in [0.5, 0.6) is 0 Å². The molecule has 0 aromatic rings. The number of carboxylic acid groups (broad SMARTS) is 1. The highest BCUT2D eigenvalue weighted by molar-refractivity contribution is 5.66. The minimum Gasteiger partial charge on any atom is -0.481 e. The molecule has 0 spiro atoms. The van der Waals surface area contributed by atoms with Crippen molar-refractivity contribution in [2.45, 2.75) is 103 Å². The maximum absolute atomic E-state index is 10.4. The lowest BCUT2D eigenvalue weighted by atomic mass is 9.91. The molecule has 1 aliphatic rings. The Morgan fingerprint density at radius 3 is 2.32 bits per heavy atom. The molecule has 0 amide bonds. The highest BCUT2D eigenvalue weighted by atomic mass is 16.5. The van der Waals surface area contributed by atoms with Gasteiger partial charge in [0.05, 0.1) is 6.10 Å². The van der Waals surface area contributed by atoms with Crippen LogP contribution in [0.15, 0.2) is 0 Å². The van der Waals surface area contributed by atoms with Gasteiger partial charge < -0.3 is 9.84 Å². The molecule has 130 valence electrons. The Morgan fingerprint density at radius 2 is 1.59 bits per heavy atom. The Balaban J connectivity index is 1.99. The first-order chi connectivity index (χ1) is 10.7. The van der Waals surface area contributed by atoms with Gasteiger partial charge in [-0.2, -0.15) is 0 Å². The smallest absolute Gasteiger partial charge is 0.303 e. The third-order valence-electron chi connectivity index (χ3n) is 4.90. The SMILES string of the molecule is CCCCCCCC[C@H]1CCO[C@@H]1CCCCCCC(=O)O. The van der Waals surface area contributed by atoms with Crippen molar-refractivity contribution < 1.29 is 14.6 Å². The fraction of sp³-hybridized carbons (Fsp3) is 0.947. The van der Waals surface area contributed by atoms with Gasteiger partial charge in [0.25, 0.3) is 0 Å². The summed E-state index contributed by atoms with van der Waals surface area (Å²) < 4.78 is 5.91. The van der Waals surface area contributed by atoms with Crippen molar-refractivity contribution in [2.24, 2.45) is 5.92 Å². The summed E-state index contributed by atoms with van der Waals surface area (Å²) in [7, 11) is 0. The van der Waals surface area contributed by atoms with E-state index in [0.29, 0.717) is 12.5 Å². The molecular formula is C19H36O3. The van der Waals surface area contributed by atoms with Gasteiger partial charge in [-0.05, 0) is 31.6 Å². The first-order valence-corrected chi connectivity index (χ1v) is 9.57. The molecule has 0 aromatic carbocycles. The van der Waals surface area contributed by atoms with Crippen molar-refractivity contribution in [3.63, 3.8) is 0 Å². The van der Waals surface area contributed by atoms with Crippen LogP contribution >= 0.6 is 0 Å². The van der Waals surface area contributed by atoms with Gasteiger partial charge in [0.2, 0.25) is 0 Å². The molecule has 0 radical (unpaired) electrons. The molecule has 3 heteroatoms. The van der Waals surface area contributed by atoms with Crippen LogP contribution in [0.4, 0.5) is 0 Å². The van der Waals surface area contributed by atoms with Crippen molar-refractivity contribution in [1.82, 2.24) is 0 Å². The molecule has 1 N–H and O–H groups in total. The zero-order chi connectivity index (χ0) is 16.0. The fourth-order valence-corrected chi connectivity index (χ4v) is 3.50. The molecule has 1 aliphatic heterocycles. The molecule has 1 fully saturated rings. The molecule has 1 saturated heterocycles. The molecule has 3 nitrogen and oxygen atoms in total. The molecule has 0 aromatic heterocycles. The maximum atomic E-state index is 10.4. The van der Waals surface area contributed by atoms with E-state index < -0.39 is 5.97 Å². The summed E-state index contributed by atoms with van der Waals surface area (Å²) >= 11 is 0. The Bertz CT molecular complexity index is 278. The van der Waals surface area contributed by atoms with Gasteiger partial charge in [-0.25, -0.2) is 0 Å². The molecule has 2 atom stereocenters. The largest absolute Gasteiger partial charge is 0.481 e. The Morgan fingerprint density at radius 1 is 0.955 bits per heavy atom. The summed E-state index contributed by atoms with van der Waals surface area (Å²) in [6.45, 7) is 3.21. The van der Waals surface area contributed by atoms with Gasteiger partial charge in [-0.3, -0.25) is 4.79 Å². The van der Waals surface area contributed by atoms with Crippen molar-refractivity contribution in [3.05, 3.63) is 0 Å². The first-order valence-electron chi connectivity index (χ1n) is 9.57. The zero-order valence-electron chi connectivity index (χ0n) is 14.5. The van der Waals surface area contributed by atoms with Crippen LogP contribution in [0.1, 0.15) is 96.8 Å². The molecular weight excluding hydrogens is 276 g/mol. The second-order valence-electron chi connectivity index (χ2n) is 6.86. The second kappa shape index (κ2) is 12.9. The molecule has 0 bridgehead atoms. The minimum atomic E-state index is -0.668. The summed E-state index contributed by atoms with van der Waals surface area (Å²) in [6.07, 6.45) is 17.0. The number of aliphatic carboxylic acids is 1. The number of carboxylic acids is 1. The summed E-state index contributed by atoms with van der Waals surface area (Å²) in [5, 5.41) is 8.61. The number of hydrogen-bond acceptors (Lipinski definition) is 2. The van der Waals surface area contributed by atoms with Gasteiger partial charge in [-0.1, -0.05) is 64.7 Å². The van der Waals surface area contributed by atoms with Gasteiger partial charge in [0.15, 0.2) is 0 Å². The quantitative estimate of drug-likeness (QED) is 0.427. The number of unbranched alkanes of at least 4 members (excludes halogenated alkanes) is 8. The van der Waals surface area contributed by atoms with Crippen LogP contribution in [0, 0.1) is 5.92 Å². The standard InChI is InChI=1S/C19H36O3/c1-2-3-4-5-6-9-12-17-15-16-22-18(17)13-10-7-8-11-14-19(20)21/h17-18H,2-16H2,1H3,(H,20,21)/t17-,18+/m0/s1. The van der Waals surface area contributed by atoms with Crippen molar-refractivity contribution in [3.8, 4) is 0 Å². The van der Waals surface area contributed by atoms with Gasteiger partial charge in [0.1, 0.15) is 0 Å². The Hall–Kier alpha value is -0.570. The van der Waals surface area contributed by atoms with E-state index in [1.165, 1.54) is 64.2 Å². The highest BCUT2D eigenvalue weighted by Crippen LogP contribution is 2.30. The van der Waals surface area contributed by atoms with Crippen LogP contribution < -0.4 is 0 Å². The summed E-state index contributed by atoms with van der Waals surface area (Å²) in [4.78, 5) is 10.4. The van der Waals surface area contributed by atoms with Crippen molar-refractivity contribution >= 4 is 5.97 Å². The van der Waals surface area contributed by atoms with Crippen LogP contribution in [0.2, 0.25) is 0 Å². The maximum Gasteiger partial charge on any atom is 0.303 e. The van der Waals surface area contributed by atoms with Gasteiger partial charge in [0, 0.05) is 13.0 Å². The molecule has 0 aliphatic carbocycles. The molecule has 0 unspecified atom stereocenters. The molecule has 1 rings (SSSR count). The highest BCUT2D eigenvalue weighted by Gasteiger charge is 2.26. The number of ether oxygens (including phenoxy) is 1. The van der Waals surface area contributed by atoms with E-state index in [9.17, 15) is 4.79 Å². The first kappa shape index (κ1) is 19.5. The average molecular weight is 312 g/mol. The van der Waals surface area contributed by atoms with Crippen LogP contribution in [0.25, 0.3) is 0 Å². The lowest BCUT2D eigenvalue weighted by Crippen LogP contribution is -2.15. The van der Waals surface area contributed by atoms with Gasteiger partial charge in [-0.15, -0.1) is 0 Å². The normalized spacial score (nSPS) is 21.3. The summed E-state index contributed by atoms with van der Waals surface area (Å²) in [5.74, 6) is 0.114. The zero-order valence-corrected chi connectivity index (χ0v) is 14.5. The third kappa shape index (κ3) is 9.45. The van der Waals surface area contributed by atoms with E-state index in [1.807, 2.05) is 0 Å². The monoisotopic (exact) mass is 312 g/mol. The van der Waals surface area contributed by atoms with Gasteiger partial charge >= 0.3 is 5.97 Å². The molecule has 1 heterocycles. The Labute approximate surface area is 136 Å². The second-order valence-corrected chi connectivity index (χ2v) is 6.86. The van der Waals surface area contributed by atoms with Crippen molar-refractivity contribution in [2.75, 3.05) is 6.61 Å². The van der Waals surface area contributed by atoms with E-state index in [-0.39, 0.29) is 0 Å². The Kier molecular flexibility index (Phi) is 11.4. The third-order valence-corrected chi connectivity index (χ3v) is 4.90. The topological polar surface area (TPSA) is 46.5 Å². The van der Waals surface area contributed by atoms with E-state index in [2.05, 4.69) is 6.92 Å². The van der Waals surface area contributed by atoms with Crippen LogP contribution in [0.3, 0.4) is 0 Å². The summed E-state index contributed by atoms with van der Waals surface area (Å²) in [5.41, 5.74) is 0. The molecule has 22 heavy (non-hydrogen) atoms. The lowest BCUT2D eigenvalue weighted by molar-refractivity contribution is -0.137. The molecule has 0 saturated carbocycles. The van der Waals surface area contributed by atoms with Crippen molar-refractivity contribution in [1.29, 1.82) is 0 Å². The fourth-order valence-electron chi connectivity index (χ4n) is 3.50. The van der Waals surface area contributed by atoms with E-state index in [4.69, 9.17) is 9.84 Å². The van der Waals surface area contributed by atoms with Crippen LogP contribution in [-0.4, -0.2) is 23.8 Å². The predicted molar refractivity (Wildman–Crippen MR) is 91.2 cm³/mol. The van der Waals surface area contributed by atoms with E-state index in [1.54, 1.807) is 0 Å². The number of carbonyl (C=O) groups is 1. The average Bonchev–Trinajstić information content (AvgIpc) is 2.93. The van der Waals surface area contributed by atoms with Crippen LogP contribution in [-0.2, 0) is 9.53 Å². The lowest BCUT2D eigenvalue weighted by Gasteiger charge is -2.18.